The van der Waals surface area contributed by atoms with Gasteiger partial charge in [-0.2, -0.15) is 0 Å². The predicted molar refractivity (Wildman–Crippen MR) is 146 cm³/mol. The van der Waals surface area contributed by atoms with Gasteiger partial charge in [-0.05, 0) is 94.3 Å². The molecule has 0 amide bonds. The number of pyridine rings is 2. The second-order valence-corrected chi connectivity index (χ2v) is 11.1. The number of aryl methyl sites for hydroxylation is 1. The number of carbonyl (C=O) groups is 1. The summed E-state index contributed by atoms with van der Waals surface area (Å²) in [6.07, 6.45) is 4.56. The number of hydrogen-bond donors (Lipinski definition) is 0. The van der Waals surface area contributed by atoms with E-state index in [2.05, 4.69) is 31.9 Å². The van der Waals surface area contributed by atoms with Gasteiger partial charge in [0.05, 0.1) is 20.0 Å². The van der Waals surface area contributed by atoms with Crippen LogP contribution in [0.15, 0.2) is 54.9 Å². The molecule has 2 aromatic heterocycles. The topological polar surface area (TPSA) is 95.2 Å². The zero-order chi connectivity index (χ0) is 27.7. The van der Waals surface area contributed by atoms with Crippen LogP contribution in [-0.2, 0) is 7.67 Å². The number of benzene rings is 2. The monoisotopic (exact) mass is 716 g/mol. The number of rotatable bonds is 3. The molecule has 38 heavy (non-hydrogen) atoms. The number of halogens is 4. The molecule has 2 fully saturated rings. The van der Waals surface area contributed by atoms with Crippen molar-refractivity contribution < 1.29 is 21.2 Å². The third-order valence-corrected chi connectivity index (χ3v) is 7.59. The van der Waals surface area contributed by atoms with Gasteiger partial charge < -0.3 is 9.13 Å². The van der Waals surface area contributed by atoms with Crippen molar-refractivity contribution in [3.8, 4) is 0 Å². The van der Waals surface area contributed by atoms with E-state index in [1.54, 1.807) is 27.3 Å². The van der Waals surface area contributed by atoms with Gasteiger partial charge >= 0.3 is 22.5 Å². The van der Waals surface area contributed by atoms with Gasteiger partial charge in [-0.1, -0.05) is 0 Å². The van der Waals surface area contributed by atoms with E-state index < -0.39 is 20.6 Å². The number of nitrogens with zero attached hydrogens (tertiary/aromatic N) is 2. The number of fused-ring (bicyclic) bond motifs is 2. The molecule has 0 aliphatic heterocycles. The number of aldehydes is 1. The summed E-state index contributed by atoms with van der Waals surface area (Å²) in [5.41, 5.74) is 2.30. The van der Waals surface area contributed by atoms with Crippen LogP contribution in [0.4, 0.5) is 8.78 Å². The average molecular weight is 717 g/mol. The molecular formula is C26H20Br2F2N2O5Se. The van der Waals surface area contributed by atoms with Gasteiger partial charge in [-0.15, -0.1) is 0 Å². The molecule has 4 aromatic rings. The second kappa shape index (κ2) is 11.7. The van der Waals surface area contributed by atoms with Crippen LogP contribution in [0.3, 0.4) is 0 Å². The van der Waals surface area contributed by atoms with Crippen LogP contribution in [-0.4, -0.2) is 30.2 Å². The number of carbonyl (C=O) groups excluding carboxylic acids is 1. The summed E-state index contributed by atoms with van der Waals surface area (Å²) in [7, 11) is 0. The van der Waals surface area contributed by atoms with Gasteiger partial charge in [0.25, 0.3) is 11.1 Å². The van der Waals surface area contributed by atoms with Crippen LogP contribution < -0.4 is 11.1 Å². The molecular weight excluding hydrogens is 697 g/mol. The maximum atomic E-state index is 13.6. The van der Waals surface area contributed by atoms with Gasteiger partial charge in [-0.3, -0.25) is 14.4 Å². The van der Waals surface area contributed by atoms with Crippen LogP contribution in [0.1, 0.15) is 53.7 Å². The molecule has 0 atom stereocenters. The second-order valence-electron chi connectivity index (χ2n) is 9.06. The molecule has 0 N–H and O–H groups in total. The fourth-order valence-electron chi connectivity index (χ4n) is 4.38. The molecule has 2 saturated carbocycles. The molecule has 0 saturated heterocycles. The molecule has 0 radical (unpaired) electrons. The van der Waals surface area contributed by atoms with E-state index in [0.717, 1.165) is 42.1 Å². The summed E-state index contributed by atoms with van der Waals surface area (Å²) in [4.78, 5) is 35.0. The van der Waals surface area contributed by atoms with E-state index >= 15 is 0 Å². The zero-order valence-electron chi connectivity index (χ0n) is 19.9. The minimum atomic E-state index is -1.62. The van der Waals surface area contributed by atoms with Crippen LogP contribution in [0.25, 0.3) is 21.8 Å². The molecule has 2 aliphatic carbocycles. The predicted octanol–water partition coefficient (Wildman–Crippen LogP) is 5.98. The van der Waals surface area contributed by atoms with Crippen LogP contribution in [0.2, 0.25) is 0 Å². The summed E-state index contributed by atoms with van der Waals surface area (Å²) in [6, 6.07) is 9.40. The zero-order valence-corrected chi connectivity index (χ0v) is 24.8. The number of aromatic nitrogens is 2. The van der Waals surface area contributed by atoms with Gasteiger partial charge in [0, 0.05) is 40.6 Å². The van der Waals surface area contributed by atoms with Crippen molar-refractivity contribution in [1.82, 2.24) is 9.13 Å². The van der Waals surface area contributed by atoms with Crippen LogP contribution >= 0.6 is 31.9 Å². The summed E-state index contributed by atoms with van der Waals surface area (Å²) in [6.45, 7) is 1.84. The minimum absolute atomic E-state index is 0.0102. The van der Waals surface area contributed by atoms with Crippen molar-refractivity contribution in [3.05, 3.63) is 88.8 Å². The summed E-state index contributed by atoms with van der Waals surface area (Å²) in [5, 5.41) is 1.30. The first-order valence-electron chi connectivity index (χ1n) is 11.5. The molecule has 12 heteroatoms. The molecule has 0 bridgehead atoms. The van der Waals surface area contributed by atoms with Crippen molar-refractivity contribution in [2.45, 2.75) is 44.7 Å². The van der Waals surface area contributed by atoms with E-state index in [4.69, 9.17) is 7.67 Å². The Bertz CT molecular complexity index is 1740. The normalized spacial score (nSPS) is 14.3. The van der Waals surface area contributed by atoms with Crippen molar-refractivity contribution in [3.63, 3.8) is 0 Å². The van der Waals surface area contributed by atoms with Crippen molar-refractivity contribution in [2.75, 3.05) is 0 Å². The molecule has 0 spiro atoms. The summed E-state index contributed by atoms with van der Waals surface area (Å²) < 4.78 is 48.1. The number of hydrogen-bond acceptors (Lipinski definition) is 5. The maximum absolute atomic E-state index is 13.6. The van der Waals surface area contributed by atoms with Gasteiger partial charge in [0.2, 0.25) is 0 Å². The first kappa shape index (κ1) is 28.5. The van der Waals surface area contributed by atoms with Crippen molar-refractivity contribution >= 4 is 74.8 Å². The Morgan fingerprint density at radius 1 is 0.789 bits per heavy atom. The SMILES string of the molecule is Cc1cc(=O)n(C2CC2)c2cc(Br)c(F)cc12.O=Cc1cc(=O)n(C2CC2)c2cc(Br)c(F)cc12.O=[Se]=O. The Labute approximate surface area is 237 Å². The molecule has 198 valence electrons. The molecule has 6 rings (SSSR count). The fourth-order valence-corrected chi connectivity index (χ4v) is 5.05. The van der Waals surface area contributed by atoms with E-state index in [-0.39, 0.29) is 28.5 Å². The van der Waals surface area contributed by atoms with Crippen LogP contribution in [0.5, 0.6) is 0 Å². The average Bonchev–Trinajstić information content (AvgIpc) is 3.77. The van der Waals surface area contributed by atoms with Crippen LogP contribution in [0, 0.1) is 18.6 Å². The Hall–Kier alpha value is -2.53. The Morgan fingerprint density at radius 3 is 1.66 bits per heavy atom. The standard InChI is InChI=1S/C13H9BrFNO2.C13H11BrFNO.O2Se/c14-10-5-12-9(4-11(10)15)7(6-17)3-13(18)16(12)8-1-2-8;1-7-4-13(17)16(8-2-3-8)12-6-10(14)11(15)5-9(7)12;1-3-2/h3-6,8H,1-2H2;4-6,8H,2-3H2,1H3;. The summed E-state index contributed by atoms with van der Waals surface area (Å²) >= 11 is 4.67. The third kappa shape index (κ3) is 5.88. The molecule has 2 aliphatic rings. The molecule has 2 aromatic carbocycles. The van der Waals surface area contributed by atoms with E-state index in [1.807, 2.05) is 6.92 Å². The van der Waals surface area contributed by atoms with E-state index in [1.165, 1.54) is 18.2 Å². The summed E-state index contributed by atoms with van der Waals surface area (Å²) in [5.74, 6) is -0.729. The molecule has 7 nitrogen and oxygen atoms in total. The first-order valence-corrected chi connectivity index (χ1v) is 14.5. The third-order valence-electron chi connectivity index (χ3n) is 6.38. The van der Waals surface area contributed by atoms with Gasteiger partial charge in [0.1, 0.15) is 11.6 Å². The molecule has 0 unspecified atom stereocenters. The van der Waals surface area contributed by atoms with Gasteiger partial charge in [0.15, 0.2) is 6.29 Å². The van der Waals surface area contributed by atoms with E-state index in [9.17, 15) is 23.2 Å². The molecule has 2 heterocycles. The fraction of sp³-hybridized carbons (Fsp3) is 0.269. The Kier molecular flexibility index (Phi) is 8.76. The first-order chi connectivity index (χ1) is 18.1. The Balaban J connectivity index is 0.000000161. The van der Waals surface area contributed by atoms with E-state index in [0.29, 0.717) is 32.2 Å². The van der Waals surface area contributed by atoms with Crippen molar-refractivity contribution in [2.24, 2.45) is 0 Å². The Morgan fingerprint density at radius 2 is 1.21 bits per heavy atom. The quantitative estimate of drug-likeness (QED) is 0.192. The van der Waals surface area contributed by atoms with Gasteiger partial charge in [-0.25, -0.2) is 8.78 Å². The van der Waals surface area contributed by atoms with Crippen molar-refractivity contribution in [1.29, 1.82) is 0 Å².